The fourth-order valence-corrected chi connectivity index (χ4v) is 3.96. The highest BCUT2D eigenvalue weighted by Crippen LogP contribution is 2.20. The van der Waals surface area contributed by atoms with Crippen molar-refractivity contribution >= 4 is 22.5 Å². The van der Waals surface area contributed by atoms with Crippen LogP contribution < -0.4 is 11.0 Å². The molecule has 5 rings (SSSR count). The topological polar surface area (TPSA) is 102 Å². The quantitative estimate of drug-likeness (QED) is 0.448. The first-order valence-corrected chi connectivity index (χ1v) is 10.4. The highest BCUT2D eigenvalue weighted by atomic mass is 16.2. The Kier molecular flexibility index (Phi) is 4.66. The third-order valence-electron chi connectivity index (χ3n) is 5.63. The van der Waals surface area contributed by atoms with E-state index in [1.807, 2.05) is 68.1 Å². The van der Waals surface area contributed by atoms with Gasteiger partial charge in [0, 0.05) is 19.8 Å². The minimum Gasteiger partial charge on any atom is -0.349 e. The molecular weight excluding hydrogens is 406 g/mol. The van der Waals surface area contributed by atoms with Crippen LogP contribution in [-0.4, -0.2) is 41.4 Å². The van der Waals surface area contributed by atoms with E-state index in [0.29, 0.717) is 17.0 Å². The van der Waals surface area contributed by atoms with E-state index in [1.54, 1.807) is 10.5 Å². The van der Waals surface area contributed by atoms with Gasteiger partial charge >= 0.3 is 5.69 Å². The number of benzene rings is 1. The predicted molar refractivity (Wildman–Crippen MR) is 122 cm³/mol. The molecule has 0 aliphatic carbocycles. The van der Waals surface area contributed by atoms with Crippen LogP contribution in [0.15, 0.2) is 53.5 Å². The monoisotopic (exact) mass is 429 g/mol. The van der Waals surface area contributed by atoms with E-state index in [2.05, 4.69) is 20.6 Å². The Hall–Kier alpha value is -4.14. The molecule has 0 spiro atoms. The fraction of sp³-hybridized carbons (Fsp3) is 0.217. The molecule has 162 valence electrons. The SMILES string of the molecule is Cc1ccc2cc(C)c3nn(CCNC(=O)c4cc(-c5cccn5C)n[nH]4)c(=O)n3c2c1. The summed E-state index contributed by atoms with van der Waals surface area (Å²) < 4.78 is 4.97. The lowest BCUT2D eigenvalue weighted by Gasteiger charge is -2.04. The number of nitrogens with zero attached hydrogens (tertiary/aromatic N) is 5. The molecule has 5 aromatic rings. The second-order valence-corrected chi connectivity index (χ2v) is 7.98. The predicted octanol–water partition coefficient (Wildman–Crippen LogP) is 2.42. The molecule has 4 heterocycles. The molecule has 0 atom stereocenters. The van der Waals surface area contributed by atoms with Crippen LogP contribution in [0.2, 0.25) is 0 Å². The van der Waals surface area contributed by atoms with Gasteiger partial charge in [-0.15, -0.1) is 5.10 Å². The minimum absolute atomic E-state index is 0.221. The lowest BCUT2D eigenvalue weighted by molar-refractivity contribution is 0.0947. The molecule has 0 aliphatic heterocycles. The lowest BCUT2D eigenvalue weighted by Crippen LogP contribution is -2.31. The van der Waals surface area contributed by atoms with Crippen molar-refractivity contribution < 1.29 is 4.79 Å². The molecule has 0 bridgehead atoms. The third-order valence-corrected chi connectivity index (χ3v) is 5.63. The number of rotatable bonds is 5. The van der Waals surface area contributed by atoms with Crippen LogP contribution in [0.5, 0.6) is 0 Å². The van der Waals surface area contributed by atoms with E-state index < -0.39 is 0 Å². The van der Waals surface area contributed by atoms with Crippen molar-refractivity contribution in [3.8, 4) is 11.4 Å². The molecule has 2 N–H and O–H groups in total. The number of aromatic amines is 1. The lowest BCUT2D eigenvalue weighted by atomic mass is 10.1. The largest absolute Gasteiger partial charge is 0.350 e. The Bertz CT molecular complexity index is 1530. The van der Waals surface area contributed by atoms with Crippen LogP contribution >= 0.6 is 0 Å². The number of H-pyrrole nitrogens is 1. The Balaban J connectivity index is 1.35. The molecule has 0 fully saturated rings. The maximum atomic E-state index is 13.1. The zero-order valence-electron chi connectivity index (χ0n) is 18.1. The van der Waals surface area contributed by atoms with E-state index in [-0.39, 0.29) is 24.7 Å². The number of hydrogen-bond acceptors (Lipinski definition) is 4. The summed E-state index contributed by atoms with van der Waals surface area (Å²) in [6.07, 6.45) is 1.92. The molecule has 0 saturated carbocycles. The van der Waals surface area contributed by atoms with Crippen LogP contribution in [0.25, 0.3) is 27.9 Å². The average molecular weight is 429 g/mol. The van der Waals surface area contributed by atoms with Gasteiger partial charge in [0.25, 0.3) is 5.91 Å². The normalized spacial score (nSPS) is 11.5. The molecule has 32 heavy (non-hydrogen) atoms. The van der Waals surface area contributed by atoms with Crippen LogP contribution in [0, 0.1) is 13.8 Å². The molecule has 0 unspecified atom stereocenters. The summed E-state index contributed by atoms with van der Waals surface area (Å²) in [5.74, 6) is -0.285. The van der Waals surface area contributed by atoms with Gasteiger partial charge in [0.1, 0.15) is 11.4 Å². The molecule has 1 aromatic carbocycles. The van der Waals surface area contributed by atoms with E-state index in [9.17, 15) is 9.59 Å². The van der Waals surface area contributed by atoms with Crippen molar-refractivity contribution in [2.75, 3.05) is 6.54 Å². The maximum Gasteiger partial charge on any atom is 0.350 e. The summed E-state index contributed by atoms with van der Waals surface area (Å²) in [7, 11) is 1.92. The Morgan fingerprint density at radius 1 is 1.16 bits per heavy atom. The van der Waals surface area contributed by atoms with Gasteiger partial charge in [0.2, 0.25) is 0 Å². The van der Waals surface area contributed by atoms with Crippen LogP contribution in [0.4, 0.5) is 0 Å². The van der Waals surface area contributed by atoms with Crippen LogP contribution in [0.3, 0.4) is 0 Å². The number of aryl methyl sites for hydroxylation is 3. The average Bonchev–Trinajstić information content (AvgIpc) is 3.48. The van der Waals surface area contributed by atoms with Gasteiger partial charge in [-0.1, -0.05) is 12.1 Å². The van der Waals surface area contributed by atoms with E-state index in [1.165, 1.54) is 4.68 Å². The molecule has 9 nitrogen and oxygen atoms in total. The summed E-state index contributed by atoms with van der Waals surface area (Å²) in [5.41, 5.74) is 5.20. The first-order chi connectivity index (χ1) is 15.4. The van der Waals surface area contributed by atoms with Crippen LogP contribution in [0.1, 0.15) is 21.6 Å². The highest BCUT2D eigenvalue weighted by molar-refractivity contribution is 5.93. The van der Waals surface area contributed by atoms with E-state index in [0.717, 1.165) is 27.7 Å². The van der Waals surface area contributed by atoms with Gasteiger partial charge in [-0.25, -0.2) is 13.9 Å². The second-order valence-electron chi connectivity index (χ2n) is 7.98. The van der Waals surface area contributed by atoms with Gasteiger partial charge in [0.15, 0.2) is 5.65 Å². The minimum atomic E-state index is -0.285. The number of aromatic nitrogens is 6. The van der Waals surface area contributed by atoms with Gasteiger partial charge in [-0.2, -0.15) is 5.10 Å². The summed E-state index contributed by atoms with van der Waals surface area (Å²) in [6, 6.07) is 13.6. The second kappa shape index (κ2) is 7.52. The van der Waals surface area contributed by atoms with Gasteiger partial charge in [-0.3, -0.25) is 9.89 Å². The van der Waals surface area contributed by atoms with E-state index >= 15 is 0 Å². The Morgan fingerprint density at radius 3 is 2.78 bits per heavy atom. The fourth-order valence-electron chi connectivity index (χ4n) is 3.96. The van der Waals surface area contributed by atoms with Crippen molar-refractivity contribution in [2.45, 2.75) is 20.4 Å². The van der Waals surface area contributed by atoms with Gasteiger partial charge in [0.05, 0.1) is 17.8 Å². The number of carbonyl (C=O) groups excluding carboxylic acids is 1. The van der Waals surface area contributed by atoms with Crippen molar-refractivity contribution in [2.24, 2.45) is 7.05 Å². The molecule has 0 saturated heterocycles. The Morgan fingerprint density at radius 2 is 2.00 bits per heavy atom. The van der Waals surface area contributed by atoms with E-state index in [4.69, 9.17) is 0 Å². The van der Waals surface area contributed by atoms with Crippen molar-refractivity contribution in [1.29, 1.82) is 0 Å². The van der Waals surface area contributed by atoms with Gasteiger partial charge in [-0.05, 0) is 60.7 Å². The van der Waals surface area contributed by atoms with Crippen molar-refractivity contribution in [3.05, 3.63) is 76.0 Å². The Labute approximate surface area is 183 Å². The van der Waals surface area contributed by atoms with Crippen molar-refractivity contribution in [3.63, 3.8) is 0 Å². The first kappa shape index (κ1) is 19.8. The summed E-state index contributed by atoms with van der Waals surface area (Å²) >= 11 is 0. The number of pyridine rings is 1. The molecular formula is C23H23N7O2. The van der Waals surface area contributed by atoms with Crippen LogP contribution in [-0.2, 0) is 13.6 Å². The number of carbonyl (C=O) groups is 1. The first-order valence-electron chi connectivity index (χ1n) is 10.4. The molecule has 0 radical (unpaired) electrons. The number of fused-ring (bicyclic) bond motifs is 3. The van der Waals surface area contributed by atoms with Crippen molar-refractivity contribution in [1.82, 2.24) is 34.3 Å². The molecule has 0 aliphatic rings. The number of hydrogen-bond donors (Lipinski definition) is 2. The smallest absolute Gasteiger partial charge is 0.349 e. The van der Waals surface area contributed by atoms with Gasteiger partial charge < -0.3 is 9.88 Å². The zero-order chi connectivity index (χ0) is 22.4. The zero-order valence-corrected chi connectivity index (χ0v) is 18.1. The molecule has 9 heteroatoms. The highest BCUT2D eigenvalue weighted by Gasteiger charge is 2.15. The maximum absolute atomic E-state index is 13.1. The summed E-state index contributed by atoms with van der Waals surface area (Å²) in [4.78, 5) is 25.6. The molecule has 4 aromatic heterocycles. The summed E-state index contributed by atoms with van der Waals surface area (Å²) in [5, 5.41) is 15.3. The molecule has 1 amide bonds. The summed E-state index contributed by atoms with van der Waals surface area (Å²) in [6.45, 7) is 4.46. The number of amides is 1. The number of nitrogens with one attached hydrogen (secondary N) is 2. The third kappa shape index (κ3) is 3.27. The standard InChI is InChI=1S/C23H23N7O2/c1-14-6-7-16-12-15(2)21-27-29(23(32)30(21)20(16)11-14)10-8-24-22(31)18-13-17(25-26-18)19-5-4-9-28(19)3/h4-7,9,11-13H,8,10H2,1-3H3,(H,24,31)(H,25,26).